The molecule has 4 rings (SSSR count). The standard InChI is InChI=1S/C19H21NO2/c1-20-16-12-17-18(13-16)22-19(21-17,14-8-4-2-5-9-14)15-10-6-3-7-11-15/h2-11,16-18,20H,12-13H2,1H3/t16?,17-,18+. The largest absolute Gasteiger partial charge is 0.336 e. The van der Waals surface area contributed by atoms with Crippen LogP contribution >= 0.6 is 0 Å². The van der Waals surface area contributed by atoms with Crippen LogP contribution in [0.1, 0.15) is 24.0 Å². The van der Waals surface area contributed by atoms with Gasteiger partial charge in [-0.3, -0.25) is 0 Å². The zero-order valence-corrected chi connectivity index (χ0v) is 12.7. The first-order chi connectivity index (χ1) is 10.8. The molecule has 3 nitrogen and oxygen atoms in total. The highest BCUT2D eigenvalue weighted by atomic mass is 16.8. The van der Waals surface area contributed by atoms with Gasteiger partial charge in [0.15, 0.2) is 0 Å². The Kier molecular flexibility index (Phi) is 3.49. The molecule has 1 saturated carbocycles. The minimum absolute atomic E-state index is 0.151. The molecule has 2 aromatic rings. The third-order valence-electron chi connectivity index (χ3n) is 4.80. The van der Waals surface area contributed by atoms with Crippen LogP contribution in [-0.2, 0) is 15.3 Å². The van der Waals surface area contributed by atoms with Crippen molar-refractivity contribution in [2.24, 2.45) is 0 Å². The number of fused-ring (bicyclic) bond motifs is 1. The molecule has 1 aliphatic heterocycles. The first-order valence-corrected chi connectivity index (χ1v) is 7.96. The predicted molar refractivity (Wildman–Crippen MR) is 85.5 cm³/mol. The molecule has 1 saturated heterocycles. The van der Waals surface area contributed by atoms with Gasteiger partial charge in [0.1, 0.15) is 0 Å². The summed E-state index contributed by atoms with van der Waals surface area (Å²) in [7, 11) is 2.01. The summed E-state index contributed by atoms with van der Waals surface area (Å²) in [5, 5.41) is 3.34. The van der Waals surface area contributed by atoms with Crippen molar-refractivity contribution in [3.05, 3.63) is 71.8 Å². The zero-order chi connectivity index (χ0) is 15.0. The Balaban J connectivity index is 1.74. The van der Waals surface area contributed by atoms with Gasteiger partial charge in [0.05, 0.1) is 12.2 Å². The van der Waals surface area contributed by atoms with Crippen molar-refractivity contribution in [3.8, 4) is 0 Å². The minimum Gasteiger partial charge on any atom is -0.336 e. The third-order valence-corrected chi connectivity index (χ3v) is 4.80. The van der Waals surface area contributed by atoms with Crippen molar-refractivity contribution in [2.75, 3.05) is 7.05 Å². The number of rotatable bonds is 3. The molecule has 0 spiro atoms. The molecule has 114 valence electrons. The molecule has 0 aromatic heterocycles. The van der Waals surface area contributed by atoms with Gasteiger partial charge in [-0.15, -0.1) is 0 Å². The Labute approximate surface area is 131 Å². The fourth-order valence-corrected chi connectivity index (χ4v) is 3.65. The van der Waals surface area contributed by atoms with Gasteiger partial charge >= 0.3 is 0 Å². The van der Waals surface area contributed by atoms with Crippen molar-refractivity contribution in [1.82, 2.24) is 5.32 Å². The Morgan fingerprint density at radius 1 is 0.818 bits per heavy atom. The van der Waals surface area contributed by atoms with Crippen LogP contribution in [0.3, 0.4) is 0 Å². The lowest BCUT2D eigenvalue weighted by atomic mass is 9.97. The molecule has 2 fully saturated rings. The van der Waals surface area contributed by atoms with E-state index in [-0.39, 0.29) is 12.2 Å². The first-order valence-electron chi connectivity index (χ1n) is 7.96. The monoisotopic (exact) mass is 295 g/mol. The van der Waals surface area contributed by atoms with Gasteiger partial charge < -0.3 is 14.8 Å². The topological polar surface area (TPSA) is 30.5 Å². The third kappa shape index (κ3) is 2.17. The highest BCUT2D eigenvalue weighted by molar-refractivity contribution is 5.35. The second-order valence-corrected chi connectivity index (χ2v) is 6.12. The van der Waals surface area contributed by atoms with Crippen LogP contribution < -0.4 is 5.32 Å². The smallest absolute Gasteiger partial charge is 0.223 e. The Bertz CT molecular complexity index is 573. The number of benzene rings is 2. The summed E-state index contributed by atoms with van der Waals surface area (Å²) in [5.74, 6) is -0.767. The number of nitrogens with one attached hydrogen (secondary N) is 1. The molecule has 0 amide bonds. The van der Waals surface area contributed by atoms with Gasteiger partial charge in [-0.2, -0.15) is 0 Å². The fraction of sp³-hybridized carbons (Fsp3) is 0.368. The summed E-state index contributed by atoms with van der Waals surface area (Å²) >= 11 is 0. The van der Waals surface area contributed by atoms with E-state index in [1.807, 2.05) is 43.4 Å². The van der Waals surface area contributed by atoms with E-state index in [0.717, 1.165) is 24.0 Å². The second-order valence-electron chi connectivity index (χ2n) is 6.12. The molecule has 1 aliphatic carbocycles. The van der Waals surface area contributed by atoms with Crippen LogP contribution in [-0.4, -0.2) is 25.3 Å². The lowest BCUT2D eigenvalue weighted by molar-refractivity contribution is -0.156. The Hall–Kier alpha value is -1.68. The van der Waals surface area contributed by atoms with Crippen LogP contribution in [0.25, 0.3) is 0 Å². The van der Waals surface area contributed by atoms with E-state index in [1.165, 1.54) is 0 Å². The molecule has 0 bridgehead atoms. The molecular formula is C19H21NO2. The average molecular weight is 295 g/mol. The van der Waals surface area contributed by atoms with Crippen LogP contribution in [0.15, 0.2) is 60.7 Å². The van der Waals surface area contributed by atoms with Gasteiger partial charge in [-0.1, -0.05) is 60.7 Å². The number of hydrogen-bond acceptors (Lipinski definition) is 3. The number of ether oxygens (including phenoxy) is 2. The van der Waals surface area contributed by atoms with E-state index in [1.54, 1.807) is 0 Å². The van der Waals surface area contributed by atoms with E-state index in [9.17, 15) is 0 Å². The first kappa shape index (κ1) is 13.9. The van der Waals surface area contributed by atoms with Crippen molar-refractivity contribution < 1.29 is 9.47 Å². The maximum atomic E-state index is 6.51. The SMILES string of the molecule is CNC1C[C@@H]2OC(c3ccccc3)(c3ccccc3)O[C@@H]2C1. The van der Waals surface area contributed by atoms with Gasteiger partial charge in [-0.05, 0) is 19.9 Å². The molecule has 1 heterocycles. The Morgan fingerprint density at radius 3 is 1.68 bits per heavy atom. The van der Waals surface area contributed by atoms with E-state index < -0.39 is 5.79 Å². The van der Waals surface area contributed by atoms with Crippen LogP contribution in [0.4, 0.5) is 0 Å². The minimum atomic E-state index is -0.767. The van der Waals surface area contributed by atoms with Gasteiger partial charge in [0.25, 0.3) is 0 Å². The number of hydrogen-bond donors (Lipinski definition) is 1. The van der Waals surface area contributed by atoms with E-state index in [0.29, 0.717) is 6.04 Å². The van der Waals surface area contributed by atoms with Crippen LogP contribution in [0, 0.1) is 0 Å². The Morgan fingerprint density at radius 2 is 1.27 bits per heavy atom. The lowest BCUT2D eigenvalue weighted by Crippen LogP contribution is -2.32. The van der Waals surface area contributed by atoms with Gasteiger partial charge in [0.2, 0.25) is 5.79 Å². The molecule has 0 radical (unpaired) electrons. The van der Waals surface area contributed by atoms with Gasteiger partial charge in [0, 0.05) is 17.2 Å². The highest BCUT2D eigenvalue weighted by Crippen LogP contribution is 2.47. The van der Waals surface area contributed by atoms with E-state index in [2.05, 4.69) is 29.6 Å². The lowest BCUT2D eigenvalue weighted by Gasteiger charge is -2.30. The maximum absolute atomic E-state index is 6.51. The van der Waals surface area contributed by atoms with Crippen molar-refractivity contribution in [1.29, 1.82) is 0 Å². The van der Waals surface area contributed by atoms with Crippen molar-refractivity contribution >= 4 is 0 Å². The fourth-order valence-electron chi connectivity index (χ4n) is 3.65. The quantitative estimate of drug-likeness (QED) is 0.944. The summed E-state index contributed by atoms with van der Waals surface area (Å²) < 4.78 is 13.0. The summed E-state index contributed by atoms with van der Waals surface area (Å²) in [6, 6.07) is 21.0. The van der Waals surface area contributed by atoms with E-state index >= 15 is 0 Å². The summed E-state index contributed by atoms with van der Waals surface area (Å²) in [5.41, 5.74) is 2.13. The summed E-state index contributed by atoms with van der Waals surface area (Å²) in [6.07, 6.45) is 2.31. The summed E-state index contributed by atoms with van der Waals surface area (Å²) in [6.45, 7) is 0. The molecule has 1 N–H and O–H groups in total. The molecular weight excluding hydrogens is 274 g/mol. The molecule has 2 aromatic carbocycles. The second kappa shape index (κ2) is 5.51. The molecule has 22 heavy (non-hydrogen) atoms. The summed E-state index contributed by atoms with van der Waals surface area (Å²) in [4.78, 5) is 0. The van der Waals surface area contributed by atoms with Crippen molar-refractivity contribution in [3.63, 3.8) is 0 Å². The zero-order valence-electron chi connectivity index (χ0n) is 12.7. The normalized spacial score (nSPS) is 29.4. The molecule has 3 heteroatoms. The molecule has 3 atom stereocenters. The molecule has 2 aliphatic rings. The van der Waals surface area contributed by atoms with E-state index in [4.69, 9.17) is 9.47 Å². The predicted octanol–water partition coefficient (Wildman–Crippen LogP) is 3.05. The van der Waals surface area contributed by atoms with Crippen LogP contribution in [0.2, 0.25) is 0 Å². The van der Waals surface area contributed by atoms with Crippen LogP contribution in [0.5, 0.6) is 0 Å². The highest BCUT2D eigenvalue weighted by Gasteiger charge is 2.53. The van der Waals surface area contributed by atoms with Gasteiger partial charge in [-0.25, -0.2) is 0 Å². The maximum Gasteiger partial charge on any atom is 0.223 e. The van der Waals surface area contributed by atoms with Crippen molar-refractivity contribution in [2.45, 2.75) is 36.9 Å². The molecule has 1 unspecified atom stereocenters. The average Bonchev–Trinajstić information content (AvgIpc) is 3.13.